The first-order valence-corrected chi connectivity index (χ1v) is 10.3. The van der Waals surface area contributed by atoms with Crippen molar-refractivity contribution in [3.8, 4) is 0 Å². The fourth-order valence-electron chi connectivity index (χ4n) is 3.44. The highest BCUT2D eigenvalue weighted by molar-refractivity contribution is 9.10. The minimum absolute atomic E-state index is 0.0162. The molecule has 0 atom stereocenters. The van der Waals surface area contributed by atoms with Gasteiger partial charge in [-0.3, -0.25) is 9.69 Å². The number of aromatic carboxylic acids is 1. The van der Waals surface area contributed by atoms with E-state index in [2.05, 4.69) is 26.6 Å². The van der Waals surface area contributed by atoms with Gasteiger partial charge < -0.3 is 15.7 Å². The highest BCUT2D eigenvalue weighted by Crippen LogP contribution is 2.28. The number of para-hydroxylation sites is 1. The first-order chi connectivity index (χ1) is 14.9. The second-order valence-corrected chi connectivity index (χ2v) is 7.90. The number of carboxylic acids is 1. The van der Waals surface area contributed by atoms with Gasteiger partial charge in [0.1, 0.15) is 0 Å². The summed E-state index contributed by atoms with van der Waals surface area (Å²) >= 11 is 3.22. The first kappa shape index (κ1) is 20.6. The summed E-state index contributed by atoms with van der Waals surface area (Å²) in [4.78, 5) is 38.3. The van der Waals surface area contributed by atoms with Crippen LogP contribution in [0, 0.1) is 0 Å². The molecule has 0 unspecified atom stereocenters. The average Bonchev–Trinajstić information content (AvgIpc) is 3.19. The Kier molecular flexibility index (Phi) is 5.73. The van der Waals surface area contributed by atoms with Crippen molar-refractivity contribution in [2.45, 2.75) is 6.42 Å². The topological polar surface area (TPSA) is 98.7 Å². The van der Waals surface area contributed by atoms with Crippen LogP contribution in [0.15, 0.2) is 71.2 Å². The van der Waals surface area contributed by atoms with Crippen molar-refractivity contribution in [2.75, 3.05) is 22.1 Å². The standard InChI is InChI=1S/C23H18BrN3O4/c24-16-7-10-19(18(13-16)22(29)30)26-21(28)15-5-8-17(9-6-15)25-23(31)27-12-11-14-3-1-2-4-20(14)27/h1-10,13H,11-12H2,(H,25,31)(H,26,28)(H,29,30). The van der Waals surface area contributed by atoms with E-state index in [-0.39, 0.29) is 17.3 Å². The second kappa shape index (κ2) is 8.61. The van der Waals surface area contributed by atoms with E-state index in [9.17, 15) is 19.5 Å². The normalized spacial score (nSPS) is 12.2. The fourth-order valence-corrected chi connectivity index (χ4v) is 3.80. The number of benzene rings is 3. The molecule has 1 aliphatic heterocycles. The maximum absolute atomic E-state index is 12.6. The zero-order valence-corrected chi connectivity index (χ0v) is 17.8. The van der Waals surface area contributed by atoms with Gasteiger partial charge in [0.25, 0.3) is 5.91 Å². The Balaban J connectivity index is 1.43. The van der Waals surface area contributed by atoms with Gasteiger partial charge in [-0.25, -0.2) is 9.59 Å². The highest BCUT2D eigenvalue weighted by Gasteiger charge is 2.24. The van der Waals surface area contributed by atoms with Crippen LogP contribution in [0.4, 0.5) is 21.9 Å². The molecule has 0 fully saturated rings. The molecule has 0 bridgehead atoms. The van der Waals surface area contributed by atoms with Crippen molar-refractivity contribution in [2.24, 2.45) is 0 Å². The lowest BCUT2D eigenvalue weighted by Crippen LogP contribution is -2.33. The molecule has 156 valence electrons. The molecule has 3 aromatic rings. The number of fused-ring (bicyclic) bond motifs is 1. The van der Waals surface area contributed by atoms with Gasteiger partial charge in [0.15, 0.2) is 0 Å². The molecule has 0 spiro atoms. The average molecular weight is 480 g/mol. The predicted octanol–water partition coefficient (Wildman–Crippen LogP) is 4.99. The molecule has 7 nitrogen and oxygen atoms in total. The third-order valence-electron chi connectivity index (χ3n) is 4.99. The molecular weight excluding hydrogens is 462 g/mol. The van der Waals surface area contributed by atoms with Gasteiger partial charge >= 0.3 is 12.0 Å². The summed E-state index contributed by atoms with van der Waals surface area (Å²) in [7, 11) is 0. The van der Waals surface area contributed by atoms with Crippen LogP contribution in [0.5, 0.6) is 0 Å². The number of carbonyl (C=O) groups is 3. The van der Waals surface area contributed by atoms with Gasteiger partial charge in [0.2, 0.25) is 0 Å². The monoisotopic (exact) mass is 479 g/mol. The lowest BCUT2D eigenvalue weighted by Gasteiger charge is -2.18. The zero-order chi connectivity index (χ0) is 22.0. The molecule has 0 saturated carbocycles. The van der Waals surface area contributed by atoms with Crippen LogP contribution in [-0.4, -0.2) is 29.6 Å². The number of carboxylic acid groups (broad SMARTS) is 1. The van der Waals surface area contributed by atoms with Crippen LogP contribution < -0.4 is 15.5 Å². The van der Waals surface area contributed by atoms with Gasteiger partial charge in [-0.2, -0.15) is 0 Å². The summed E-state index contributed by atoms with van der Waals surface area (Å²) in [5.41, 5.74) is 3.12. The lowest BCUT2D eigenvalue weighted by atomic mass is 10.1. The Morgan fingerprint density at radius 3 is 2.42 bits per heavy atom. The van der Waals surface area contributed by atoms with Crippen LogP contribution >= 0.6 is 15.9 Å². The maximum Gasteiger partial charge on any atom is 0.337 e. The van der Waals surface area contributed by atoms with Gasteiger partial charge in [0.05, 0.1) is 11.3 Å². The summed E-state index contributed by atoms with van der Waals surface area (Å²) in [5, 5.41) is 14.8. The summed E-state index contributed by atoms with van der Waals surface area (Å²) in [6.07, 6.45) is 0.817. The number of amides is 3. The van der Waals surface area contributed by atoms with E-state index < -0.39 is 11.9 Å². The molecule has 0 radical (unpaired) electrons. The summed E-state index contributed by atoms with van der Waals surface area (Å²) < 4.78 is 0.601. The van der Waals surface area contributed by atoms with E-state index in [1.807, 2.05) is 24.3 Å². The SMILES string of the molecule is O=C(Nc1ccc(Br)cc1C(=O)O)c1ccc(NC(=O)N2CCc3ccccc32)cc1. The van der Waals surface area contributed by atoms with Crippen molar-refractivity contribution < 1.29 is 19.5 Å². The van der Waals surface area contributed by atoms with Crippen LogP contribution in [0.3, 0.4) is 0 Å². The number of anilines is 3. The fraction of sp³-hybridized carbons (Fsp3) is 0.0870. The molecule has 0 saturated heterocycles. The Labute approximate surface area is 186 Å². The Morgan fingerprint density at radius 2 is 1.68 bits per heavy atom. The van der Waals surface area contributed by atoms with Crippen molar-refractivity contribution in [3.05, 3.63) is 87.9 Å². The quantitative estimate of drug-likeness (QED) is 0.490. The van der Waals surface area contributed by atoms with E-state index in [0.717, 1.165) is 17.7 Å². The summed E-state index contributed by atoms with van der Waals surface area (Å²) in [6, 6.07) is 18.6. The Bertz CT molecular complexity index is 1180. The van der Waals surface area contributed by atoms with Crippen molar-refractivity contribution >= 4 is 50.9 Å². The third kappa shape index (κ3) is 4.44. The van der Waals surface area contributed by atoms with Crippen LogP contribution in [0.25, 0.3) is 0 Å². The summed E-state index contributed by atoms with van der Waals surface area (Å²) in [5.74, 6) is -1.59. The minimum atomic E-state index is -1.14. The number of rotatable bonds is 4. The van der Waals surface area contributed by atoms with Gasteiger partial charge in [0, 0.05) is 28.0 Å². The number of halogens is 1. The molecule has 0 aromatic heterocycles. The molecule has 8 heteroatoms. The number of hydrogen-bond donors (Lipinski definition) is 3. The molecule has 3 N–H and O–H groups in total. The van der Waals surface area contributed by atoms with Crippen LogP contribution in [-0.2, 0) is 6.42 Å². The van der Waals surface area contributed by atoms with Crippen LogP contribution in [0.1, 0.15) is 26.3 Å². The molecular formula is C23H18BrN3O4. The second-order valence-electron chi connectivity index (χ2n) is 6.99. The molecule has 31 heavy (non-hydrogen) atoms. The van der Waals surface area contributed by atoms with Crippen LogP contribution in [0.2, 0.25) is 0 Å². The minimum Gasteiger partial charge on any atom is -0.478 e. The maximum atomic E-state index is 12.6. The molecule has 0 aliphatic carbocycles. The molecule has 1 heterocycles. The molecule has 3 amide bonds. The van der Waals surface area contributed by atoms with E-state index in [1.54, 1.807) is 35.2 Å². The number of nitrogens with zero attached hydrogens (tertiary/aromatic N) is 1. The Hall–Kier alpha value is -3.65. The first-order valence-electron chi connectivity index (χ1n) is 9.53. The van der Waals surface area contributed by atoms with Gasteiger partial charge in [-0.15, -0.1) is 0 Å². The largest absolute Gasteiger partial charge is 0.478 e. The Morgan fingerprint density at radius 1 is 0.935 bits per heavy atom. The van der Waals surface area contributed by atoms with Crippen molar-refractivity contribution in [3.63, 3.8) is 0 Å². The molecule has 3 aromatic carbocycles. The van der Waals surface area contributed by atoms with Crippen molar-refractivity contribution in [1.29, 1.82) is 0 Å². The number of nitrogens with one attached hydrogen (secondary N) is 2. The van der Waals surface area contributed by atoms with E-state index in [4.69, 9.17) is 0 Å². The van der Waals surface area contributed by atoms with E-state index >= 15 is 0 Å². The number of hydrogen-bond acceptors (Lipinski definition) is 3. The van der Waals surface area contributed by atoms with Crippen molar-refractivity contribution in [1.82, 2.24) is 0 Å². The highest BCUT2D eigenvalue weighted by atomic mass is 79.9. The number of carbonyl (C=O) groups excluding carboxylic acids is 2. The number of urea groups is 1. The summed E-state index contributed by atoms with van der Waals surface area (Å²) in [6.45, 7) is 0.616. The predicted molar refractivity (Wildman–Crippen MR) is 122 cm³/mol. The lowest BCUT2D eigenvalue weighted by molar-refractivity contribution is 0.0698. The van der Waals surface area contributed by atoms with Gasteiger partial charge in [-0.1, -0.05) is 34.1 Å². The van der Waals surface area contributed by atoms with E-state index in [0.29, 0.717) is 22.3 Å². The molecule has 1 aliphatic rings. The smallest absolute Gasteiger partial charge is 0.337 e. The third-order valence-corrected chi connectivity index (χ3v) is 5.48. The zero-order valence-electron chi connectivity index (χ0n) is 16.3. The van der Waals surface area contributed by atoms with Gasteiger partial charge in [-0.05, 0) is 60.5 Å². The molecule has 4 rings (SSSR count). The van der Waals surface area contributed by atoms with E-state index in [1.165, 1.54) is 12.1 Å².